The van der Waals surface area contributed by atoms with Crippen molar-refractivity contribution in [3.05, 3.63) is 208 Å². The molecule has 0 unspecified atom stereocenters. The Labute approximate surface area is 483 Å². The molecule has 422 valence electrons. The Balaban J connectivity index is 0.000000190. The van der Waals surface area contributed by atoms with Gasteiger partial charge in [0.05, 0.1) is 55.9 Å². The van der Waals surface area contributed by atoms with Crippen LogP contribution in [-0.4, -0.2) is 65.1 Å². The molecule has 23 heteroatoms. The van der Waals surface area contributed by atoms with Crippen LogP contribution in [0.25, 0.3) is 66.1 Å². The summed E-state index contributed by atoms with van der Waals surface area (Å²) in [5.41, 5.74) is 4.41. The number of hydrogen-bond donors (Lipinski definition) is 1. The zero-order chi connectivity index (χ0) is 58.7. The number of aryl methyl sites for hydroxylation is 1. The summed E-state index contributed by atoms with van der Waals surface area (Å²) in [5.74, 6) is 1.06. The van der Waals surface area contributed by atoms with Crippen LogP contribution >= 0.6 is 23.2 Å². The number of benzene rings is 7. The largest absolute Gasteiger partial charge is 0.497 e. The molecule has 0 spiro atoms. The molecular formula is C60H46Cl2F2N6O11S2. The fourth-order valence-electron chi connectivity index (χ4n) is 9.32. The Morgan fingerprint density at radius 1 is 0.614 bits per heavy atom. The van der Waals surface area contributed by atoms with E-state index in [9.17, 15) is 30.4 Å². The summed E-state index contributed by atoms with van der Waals surface area (Å²) >= 11 is 13.4. The van der Waals surface area contributed by atoms with E-state index in [1.54, 1.807) is 105 Å². The van der Waals surface area contributed by atoms with Gasteiger partial charge >= 0.3 is 0 Å². The molecule has 0 atom stereocenters. The van der Waals surface area contributed by atoms with Crippen LogP contribution in [0.1, 0.15) is 5.56 Å². The van der Waals surface area contributed by atoms with Gasteiger partial charge in [-0.3, -0.25) is 9.52 Å². The fraction of sp³-hybridized carbons (Fsp3) is 0.100. The third-order valence-corrected chi connectivity index (χ3v) is 17.0. The third kappa shape index (κ3) is 11.6. The molecule has 0 aliphatic rings. The Hall–Kier alpha value is -9.28. The number of methoxy groups -OCH3 is 4. The van der Waals surface area contributed by atoms with Crippen LogP contribution in [0.5, 0.6) is 23.1 Å². The lowest BCUT2D eigenvalue weighted by molar-refractivity contribution is 0.398. The van der Waals surface area contributed by atoms with Crippen LogP contribution in [-0.2, 0) is 33.6 Å². The second kappa shape index (κ2) is 23.7. The molecule has 0 saturated carbocycles. The van der Waals surface area contributed by atoms with Crippen molar-refractivity contribution in [3.8, 4) is 67.6 Å². The molecule has 0 amide bonds. The number of fused-ring (bicyclic) bond motifs is 2. The minimum atomic E-state index is -4.14. The van der Waals surface area contributed by atoms with E-state index in [0.29, 0.717) is 88.3 Å². The summed E-state index contributed by atoms with van der Waals surface area (Å²) in [5, 5.41) is 10.3. The van der Waals surface area contributed by atoms with Crippen molar-refractivity contribution < 1.29 is 53.6 Å². The van der Waals surface area contributed by atoms with E-state index in [2.05, 4.69) is 24.5 Å². The minimum absolute atomic E-state index is 0.00360. The molecule has 0 bridgehead atoms. The second-order valence-corrected chi connectivity index (χ2v) is 22.7. The Morgan fingerprint density at radius 2 is 1.19 bits per heavy atom. The van der Waals surface area contributed by atoms with Crippen molar-refractivity contribution in [2.75, 3.05) is 37.5 Å². The highest BCUT2D eigenvalue weighted by molar-refractivity contribution is 7.93. The van der Waals surface area contributed by atoms with Crippen LogP contribution in [0, 0.1) is 11.6 Å². The van der Waals surface area contributed by atoms with Gasteiger partial charge in [-0.25, -0.2) is 34.9 Å². The number of pyridine rings is 2. The number of anilines is 2. The molecule has 4 aromatic heterocycles. The monoisotopic (exact) mass is 1200 g/mol. The van der Waals surface area contributed by atoms with E-state index in [-0.39, 0.29) is 50.0 Å². The summed E-state index contributed by atoms with van der Waals surface area (Å²) in [6.45, 7) is -0.00360. The van der Waals surface area contributed by atoms with Gasteiger partial charge in [0.25, 0.3) is 25.6 Å². The van der Waals surface area contributed by atoms with Crippen molar-refractivity contribution in [1.29, 1.82) is 0 Å². The van der Waals surface area contributed by atoms with Gasteiger partial charge in [0.2, 0.25) is 5.88 Å². The molecule has 4 heterocycles. The average molecular weight is 1200 g/mol. The smallest absolute Gasteiger partial charge is 0.265 e. The molecule has 0 saturated heterocycles. The number of nitrogens with zero attached hydrogens (tertiary/aromatic N) is 5. The van der Waals surface area contributed by atoms with E-state index in [1.807, 2.05) is 0 Å². The lowest BCUT2D eigenvalue weighted by atomic mass is 9.96. The van der Waals surface area contributed by atoms with Crippen molar-refractivity contribution in [1.82, 2.24) is 19.9 Å². The number of sulfonamides is 2. The van der Waals surface area contributed by atoms with Crippen molar-refractivity contribution in [3.63, 3.8) is 0 Å². The highest BCUT2D eigenvalue weighted by atomic mass is 35.5. The van der Waals surface area contributed by atoms with E-state index < -0.39 is 31.7 Å². The lowest BCUT2D eigenvalue weighted by Crippen LogP contribution is -2.30. The first-order valence-corrected chi connectivity index (χ1v) is 28.5. The molecule has 0 fully saturated rings. The normalized spacial score (nSPS) is 11.5. The van der Waals surface area contributed by atoms with Gasteiger partial charge in [0.15, 0.2) is 11.6 Å². The van der Waals surface area contributed by atoms with Crippen molar-refractivity contribution in [2.45, 2.75) is 16.3 Å². The summed E-state index contributed by atoms with van der Waals surface area (Å²) in [7, 11) is -0.529. The van der Waals surface area contributed by atoms with Gasteiger partial charge in [0, 0.05) is 74.6 Å². The van der Waals surface area contributed by atoms with Crippen LogP contribution < -0.4 is 33.5 Å². The topological polar surface area (TPSA) is 207 Å². The maximum Gasteiger partial charge on any atom is 0.265 e. The standard InChI is InChI=1S/C34H27ClFN3O6S.C26H19ClFN3O5S/c1-42-25-9-7-21(8-10-25)20-39(32-13-14-45-38-32)46(40,41)26-11-12-27-23(16-26)19-37-34(44-3)33(27)29-17-30(35)28(18-31(29)43-2)22-5-4-6-24(36)15-22;1-31-14-16-11-18(37(33,34)30-24-8-9-36-29-24)6-7-19(16)25(26(31)32)21-12-22(27)20(13-23(21)35-2)15-4-3-5-17(28)10-15/h4-19H,20H2,1-3H3;3-14H,1-2H3,(H,29,30). The van der Waals surface area contributed by atoms with Crippen LogP contribution in [0.15, 0.2) is 194 Å². The minimum Gasteiger partial charge on any atom is -0.497 e. The zero-order valence-electron chi connectivity index (χ0n) is 44.4. The molecule has 0 aliphatic carbocycles. The number of ether oxygens (including phenoxy) is 4. The van der Waals surface area contributed by atoms with Crippen LogP contribution in [0.4, 0.5) is 20.4 Å². The first-order valence-electron chi connectivity index (χ1n) is 24.8. The van der Waals surface area contributed by atoms with Crippen LogP contribution in [0.3, 0.4) is 0 Å². The number of nitrogens with one attached hydrogen (secondary N) is 1. The van der Waals surface area contributed by atoms with Crippen molar-refractivity contribution in [2.24, 2.45) is 7.05 Å². The third-order valence-electron chi connectivity index (χ3n) is 13.3. The molecular weight excluding hydrogens is 1150 g/mol. The van der Waals surface area contributed by atoms with Crippen molar-refractivity contribution >= 4 is 76.4 Å². The lowest BCUT2D eigenvalue weighted by Gasteiger charge is -2.22. The zero-order valence-corrected chi connectivity index (χ0v) is 47.6. The summed E-state index contributed by atoms with van der Waals surface area (Å²) in [4.78, 5) is 17.8. The Morgan fingerprint density at radius 3 is 1.75 bits per heavy atom. The number of aromatic nitrogens is 4. The molecule has 11 rings (SSSR count). The van der Waals surface area contributed by atoms with Gasteiger partial charge in [0.1, 0.15) is 41.4 Å². The summed E-state index contributed by atoms with van der Waals surface area (Å²) in [6.07, 6.45) is 5.65. The molecule has 11 aromatic rings. The molecule has 1 N–H and O–H groups in total. The Bertz CT molecular complexity index is 4540. The van der Waals surface area contributed by atoms with Gasteiger partial charge in [-0.1, -0.05) is 82.0 Å². The number of halogens is 4. The van der Waals surface area contributed by atoms with E-state index in [1.165, 1.54) is 110 Å². The maximum absolute atomic E-state index is 14.1. The SMILES string of the molecule is COc1cc(-c2cccc(F)c2)c(Cl)cc1-c1c(=O)n(C)cc2cc(S(=O)(=O)Nc3ccon3)ccc12.COc1ccc(CN(c2ccon2)S(=O)(=O)c2ccc3c(-c4cc(Cl)c(-c5cccc(F)c5)cc4OC)c(OC)ncc3c2)cc1. The second-order valence-electron chi connectivity index (χ2n) is 18.4. The van der Waals surface area contributed by atoms with Gasteiger partial charge < -0.3 is 32.6 Å². The quantitative estimate of drug-likeness (QED) is 0.0955. The van der Waals surface area contributed by atoms with E-state index in [4.69, 9.17) is 46.7 Å². The number of hydrogen-bond acceptors (Lipinski definition) is 14. The summed E-state index contributed by atoms with van der Waals surface area (Å²) in [6, 6.07) is 37.8. The maximum atomic E-state index is 14.1. The summed E-state index contributed by atoms with van der Waals surface area (Å²) < 4.78 is 119. The molecule has 17 nitrogen and oxygen atoms in total. The molecule has 7 aromatic carbocycles. The van der Waals surface area contributed by atoms with Crippen LogP contribution in [0.2, 0.25) is 10.0 Å². The van der Waals surface area contributed by atoms with Gasteiger partial charge in [-0.2, -0.15) is 0 Å². The predicted molar refractivity (Wildman–Crippen MR) is 312 cm³/mol. The molecule has 83 heavy (non-hydrogen) atoms. The van der Waals surface area contributed by atoms with E-state index >= 15 is 0 Å². The first kappa shape index (κ1) is 57.0. The molecule has 0 radical (unpaired) electrons. The predicted octanol–water partition coefficient (Wildman–Crippen LogP) is 13.2. The van der Waals surface area contributed by atoms with Gasteiger partial charge in [-0.15, -0.1) is 0 Å². The highest BCUT2D eigenvalue weighted by Crippen LogP contribution is 2.46. The fourth-order valence-corrected chi connectivity index (χ4v) is 12.3. The highest BCUT2D eigenvalue weighted by Gasteiger charge is 2.29. The van der Waals surface area contributed by atoms with Gasteiger partial charge in [-0.05, 0) is 112 Å². The first-order chi connectivity index (χ1) is 39.9. The average Bonchev–Trinajstić information content (AvgIpc) is 3.56. The molecule has 0 aliphatic heterocycles. The van der Waals surface area contributed by atoms with E-state index in [0.717, 1.165) is 0 Å². The number of rotatable bonds is 16. The Kier molecular flexibility index (Phi) is 16.2.